The van der Waals surface area contributed by atoms with E-state index < -0.39 is 51.7 Å². The van der Waals surface area contributed by atoms with Crippen LogP contribution in [0.4, 0.5) is 32.0 Å². The minimum absolute atomic E-state index is 0.0187. The van der Waals surface area contributed by atoms with Crippen LogP contribution >= 0.6 is 0 Å². The third-order valence-corrected chi connectivity index (χ3v) is 6.59. The lowest BCUT2D eigenvalue weighted by molar-refractivity contribution is -0.143. The molecular formula is C20H18F6N2O5S. The molecule has 0 unspecified atom stereocenters. The molecule has 7 nitrogen and oxygen atoms in total. The summed E-state index contributed by atoms with van der Waals surface area (Å²) in [4.78, 5) is 12.0. The zero-order chi connectivity index (χ0) is 25.1. The standard InChI is InChI=1S/C20H18F6N2O5S/c21-19(22,23)13-9-14(20(24,25)26)11-15(10-13)27-18(29)12-33-16-1-3-17(4-2-16)34(30,31)28-5-7-32-8-6-28/h1-4,9-11H,5-8,12H2,(H,27,29). The fourth-order valence-corrected chi connectivity index (χ4v) is 4.42. The molecule has 1 aliphatic heterocycles. The van der Waals surface area contributed by atoms with Crippen LogP contribution in [0, 0.1) is 0 Å². The van der Waals surface area contributed by atoms with Crippen molar-refractivity contribution in [3.8, 4) is 5.75 Å². The Balaban J connectivity index is 1.65. The average Bonchev–Trinajstić information content (AvgIpc) is 2.77. The van der Waals surface area contributed by atoms with Gasteiger partial charge in [-0.05, 0) is 42.5 Å². The number of hydrogen-bond donors (Lipinski definition) is 1. The molecule has 0 bridgehead atoms. The normalized spacial score (nSPS) is 15.7. The second kappa shape index (κ2) is 9.80. The van der Waals surface area contributed by atoms with E-state index in [1.807, 2.05) is 5.32 Å². The lowest BCUT2D eigenvalue weighted by Crippen LogP contribution is -2.40. The van der Waals surface area contributed by atoms with Crippen LogP contribution in [0.25, 0.3) is 0 Å². The number of amides is 1. The number of ether oxygens (including phenoxy) is 2. The van der Waals surface area contributed by atoms with E-state index in [0.717, 1.165) is 0 Å². The third-order valence-electron chi connectivity index (χ3n) is 4.67. The summed E-state index contributed by atoms with van der Waals surface area (Å²) in [7, 11) is -3.75. The van der Waals surface area contributed by atoms with Crippen molar-refractivity contribution in [1.82, 2.24) is 4.31 Å². The van der Waals surface area contributed by atoms with Crippen molar-refractivity contribution in [2.75, 3.05) is 38.2 Å². The van der Waals surface area contributed by atoms with Gasteiger partial charge in [-0.15, -0.1) is 0 Å². The van der Waals surface area contributed by atoms with E-state index in [1.165, 1.54) is 28.6 Å². The number of nitrogens with zero attached hydrogens (tertiary/aromatic N) is 1. The topological polar surface area (TPSA) is 84.9 Å². The molecule has 2 aromatic carbocycles. The highest BCUT2D eigenvalue weighted by Crippen LogP contribution is 2.37. The zero-order valence-corrected chi connectivity index (χ0v) is 18.1. The Morgan fingerprint density at radius 1 is 0.941 bits per heavy atom. The summed E-state index contributed by atoms with van der Waals surface area (Å²) in [6.45, 7) is 0.198. The number of carbonyl (C=O) groups excluding carboxylic acids is 1. The monoisotopic (exact) mass is 512 g/mol. The highest BCUT2D eigenvalue weighted by molar-refractivity contribution is 7.89. The largest absolute Gasteiger partial charge is 0.484 e. The Labute approximate surface area is 190 Å². The fourth-order valence-electron chi connectivity index (χ4n) is 3.02. The van der Waals surface area contributed by atoms with Crippen molar-refractivity contribution in [3.05, 3.63) is 53.6 Å². The molecule has 34 heavy (non-hydrogen) atoms. The summed E-state index contributed by atoms with van der Waals surface area (Å²) in [6.07, 6.45) is -10.1. The molecule has 0 spiro atoms. The van der Waals surface area contributed by atoms with E-state index in [4.69, 9.17) is 9.47 Å². The lowest BCUT2D eigenvalue weighted by atomic mass is 10.1. The number of alkyl halides is 6. The van der Waals surface area contributed by atoms with Gasteiger partial charge in [-0.2, -0.15) is 30.6 Å². The van der Waals surface area contributed by atoms with E-state index in [2.05, 4.69) is 0 Å². The predicted molar refractivity (Wildman–Crippen MR) is 107 cm³/mol. The number of halogens is 6. The van der Waals surface area contributed by atoms with Gasteiger partial charge in [0.25, 0.3) is 5.91 Å². The molecule has 1 amide bonds. The van der Waals surface area contributed by atoms with Crippen molar-refractivity contribution >= 4 is 21.6 Å². The van der Waals surface area contributed by atoms with Gasteiger partial charge in [-0.3, -0.25) is 4.79 Å². The first-order chi connectivity index (χ1) is 15.8. The quantitative estimate of drug-likeness (QED) is 0.596. The Morgan fingerprint density at radius 2 is 1.47 bits per heavy atom. The maximum Gasteiger partial charge on any atom is 0.416 e. The summed E-state index contributed by atoms with van der Waals surface area (Å²) in [5.41, 5.74) is -3.85. The number of anilines is 1. The first kappa shape index (κ1) is 25.8. The van der Waals surface area contributed by atoms with E-state index in [9.17, 15) is 39.6 Å². The second-order valence-corrected chi connectivity index (χ2v) is 9.06. The molecule has 2 aromatic rings. The molecule has 0 aromatic heterocycles. The number of carbonyl (C=O) groups is 1. The molecular weight excluding hydrogens is 494 g/mol. The zero-order valence-electron chi connectivity index (χ0n) is 17.2. The van der Waals surface area contributed by atoms with Gasteiger partial charge in [-0.25, -0.2) is 8.42 Å². The number of hydrogen-bond acceptors (Lipinski definition) is 5. The van der Waals surface area contributed by atoms with Gasteiger partial charge in [0.1, 0.15) is 5.75 Å². The van der Waals surface area contributed by atoms with Crippen LogP contribution in [0.5, 0.6) is 5.75 Å². The van der Waals surface area contributed by atoms with Crippen LogP contribution in [-0.2, 0) is 31.9 Å². The van der Waals surface area contributed by atoms with E-state index >= 15 is 0 Å². The Kier molecular flexibility index (Phi) is 7.43. The Morgan fingerprint density at radius 3 is 1.97 bits per heavy atom. The summed E-state index contributed by atoms with van der Waals surface area (Å²) in [5.74, 6) is -0.950. The summed E-state index contributed by atoms with van der Waals surface area (Å²) in [6, 6.07) is 5.73. The molecule has 0 atom stereocenters. The lowest BCUT2D eigenvalue weighted by Gasteiger charge is -2.26. The number of nitrogens with one attached hydrogen (secondary N) is 1. The molecule has 3 rings (SSSR count). The van der Waals surface area contributed by atoms with Crippen molar-refractivity contribution in [3.63, 3.8) is 0 Å². The summed E-state index contributed by atoms with van der Waals surface area (Å²) < 4.78 is 114. The molecule has 1 fully saturated rings. The number of benzene rings is 2. The van der Waals surface area contributed by atoms with Gasteiger partial charge in [-0.1, -0.05) is 0 Å². The summed E-state index contributed by atoms with van der Waals surface area (Å²) in [5, 5.41) is 1.94. The maximum atomic E-state index is 12.9. The molecule has 0 saturated carbocycles. The van der Waals surface area contributed by atoms with Crippen LogP contribution in [0.1, 0.15) is 11.1 Å². The van der Waals surface area contributed by atoms with Gasteiger partial charge in [0.2, 0.25) is 10.0 Å². The molecule has 1 heterocycles. The minimum Gasteiger partial charge on any atom is -0.484 e. The third kappa shape index (κ3) is 6.39. The highest BCUT2D eigenvalue weighted by atomic mass is 32.2. The molecule has 186 valence electrons. The molecule has 1 aliphatic rings. The van der Waals surface area contributed by atoms with Crippen LogP contribution < -0.4 is 10.1 Å². The van der Waals surface area contributed by atoms with Crippen LogP contribution in [-0.4, -0.2) is 51.5 Å². The van der Waals surface area contributed by atoms with Crippen LogP contribution in [0.2, 0.25) is 0 Å². The number of sulfonamides is 1. The SMILES string of the molecule is O=C(COc1ccc(S(=O)(=O)N2CCOCC2)cc1)Nc1cc(C(F)(F)F)cc(C(F)(F)F)c1. The number of rotatable bonds is 6. The van der Waals surface area contributed by atoms with Gasteiger partial charge >= 0.3 is 12.4 Å². The van der Waals surface area contributed by atoms with Crippen molar-refractivity contribution in [2.45, 2.75) is 17.2 Å². The van der Waals surface area contributed by atoms with Gasteiger partial charge in [0.15, 0.2) is 6.61 Å². The van der Waals surface area contributed by atoms with Crippen LogP contribution in [0.3, 0.4) is 0 Å². The van der Waals surface area contributed by atoms with Crippen molar-refractivity contribution < 1.29 is 49.0 Å². The van der Waals surface area contributed by atoms with Crippen LogP contribution in [0.15, 0.2) is 47.4 Å². The molecule has 0 aliphatic carbocycles. The van der Waals surface area contributed by atoms with Crippen molar-refractivity contribution in [2.24, 2.45) is 0 Å². The first-order valence-electron chi connectivity index (χ1n) is 9.67. The molecule has 1 saturated heterocycles. The van der Waals surface area contributed by atoms with Gasteiger partial charge in [0.05, 0.1) is 29.2 Å². The van der Waals surface area contributed by atoms with Crippen molar-refractivity contribution in [1.29, 1.82) is 0 Å². The predicted octanol–water partition coefficient (Wildman–Crippen LogP) is 3.76. The van der Waals surface area contributed by atoms with E-state index in [1.54, 1.807) is 0 Å². The highest BCUT2D eigenvalue weighted by Gasteiger charge is 2.37. The molecule has 1 N–H and O–H groups in total. The minimum atomic E-state index is -5.06. The van der Waals surface area contributed by atoms with Gasteiger partial charge < -0.3 is 14.8 Å². The fraction of sp³-hybridized carbons (Fsp3) is 0.350. The molecule has 0 radical (unpaired) electrons. The first-order valence-corrected chi connectivity index (χ1v) is 11.1. The average molecular weight is 512 g/mol. The Hall–Kier alpha value is -2.84. The maximum absolute atomic E-state index is 12.9. The second-order valence-electron chi connectivity index (χ2n) is 7.12. The van der Waals surface area contributed by atoms with E-state index in [0.29, 0.717) is 12.1 Å². The number of morpholine rings is 1. The Bertz CT molecular complexity index is 1100. The summed E-state index contributed by atoms with van der Waals surface area (Å²) >= 11 is 0. The van der Waals surface area contributed by atoms with Gasteiger partial charge in [0, 0.05) is 18.8 Å². The van der Waals surface area contributed by atoms with E-state index in [-0.39, 0.29) is 43.0 Å². The molecule has 14 heteroatoms. The smallest absolute Gasteiger partial charge is 0.416 e.